The first-order chi connectivity index (χ1) is 16.5. The van der Waals surface area contributed by atoms with Crippen molar-refractivity contribution in [1.82, 2.24) is 0 Å². The maximum absolute atomic E-state index is 14.2. The van der Waals surface area contributed by atoms with Gasteiger partial charge < -0.3 is 10.2 Å². The SMILES string of the molecule is CC(=O)[C@H]1[C@@H](C(=O)c2ccccc2)[C@]2(C(=O)Nc3ccccc32)[C@H]2C=C(C)c3ccccc3N12. The molecule has 4 atom stereocenters. The Morgan fingerprint density at radius 3 is 2.35 bits per heavy atom. The maximum Gasteiger partial charge on any atom is 0.238 e. The van der Waals surface area contributed by atoms with Crippen LogP contribution >= 0.6 is 0 Å². The summed E-state index contributed by atoms with van der Waals surface area (Å²) in [4.78, 5) is 43.6. The summed E-state index contributed by atoms with van der Waals surface area (Å²) in [5.41, 5.74) is 3.68. The van der Waals surface area contributed by atoms with Gasteiger partial charge in [-0.1, -0.05) is 72.8 Å². The van der Waals surface area contributed by atoms with Gasteiger partial charge in [-0.15, -0.1) is 0 Å². The molecule has 3 aliphatic rings. The van der Waals surface area contributed by atoms with Crippen molar-refractivity contribution in [3.05, 3.63) is 102 Å². The Kier molecular flexibility index (Phi) is 4.40. The van der Waals surface area contributed by atoms with Gasteiger partial charge in [-0.05, 0) is 37.1 Å². The zero-order valence-corrected chi connectivity index (χ0v) is 19.0. The summed E-state index contributed by atoms with van der Waals surface area (Å²) in [5, 5.41) is 3.04. The van der Waals surface area contributed by atoms with Crippen molar-refractivity contribution >= 4 is 34.4 Å². The van der Waals surface area contributed by atoms with E-state index in [1.54, 1.807) is 12.1 Å². The number of nitrogens with zero attached hydrogens (tertiary/aromatic N) is 1. The Labute approximate surface area is 198 Å². The molecule has 3 heterocycles. The number of ketones is 2. The van der Waals surface area contributed by atoms with Crippen LogP contribution in [0.2, 0.25) is 0 Å². The smallest absolute Gasteiger partial charge is 0.238 e. The average Bonchev–Trinajstić information content (AvgIpc) is 3.32. The highest BCUT2D eigenvalue weighted by Gasteiger charge is 2.70. The Balaban J connectivity index is 1.69. The monoisotopic (exact) mass is 448 g/mol. The van der Waals surface area contributed by atoms with E-state index in [1.165, 1.54) is 6.92 Å². The number of carbonyl (C=O) groups is 3. The van der Waals surface area contributed by atoms with E-state index in [1.807, 2.05) is 78.6 Å². The van der Waals surface area contributed by atoms with E-state index < -0.39 is 23.4 Å². The van der Waals surface area contributed by atoms with Crippen LogP contribution in [0.4, 0.5) is 11.4 Å². The number of carbonyl (C=O) groups excluding carboxylic acids is 3. The molecular formula is C29H24N2O3. The number of rotatable bonds is 3. The number of Topliss-reactive ketones (excluding diaryl/α,β-unsaturated/α-hetero) is 2. The van der Waals surface area contributed by atoms with Crippen molar-refractivity contribution < 1.29 is 14.4 Å². The molecule has 0 unspecified atom stereocenters. The fraction of sp³-hybridized carbons (Fsp3) is 0.207. The van der Waals surface area contributed by atoms with Crippen LogP contribution in [0.15, 0.2) is 84.9 Å². The van der Waals surface area contributed by atoms with Gasteiger partial charge in [-0.3, -0.25) is 14.4 Å². The number of hydrogen-bond donors (Lipinski definition) is 1. The molecule has 1 spiro atoms. The molecule has 1 amide bonds. The minimum absolute atomic E-state index is 0.129. The van der Waals surface area contributed by atoms with Crippen molar-refractivity contribution in [3.8, 4) is 0 Å². The first-order valence-electron chi connectivity index (χ1n) is 11.5. The molecule has 0 aromatic heterocycles. The summed E-state index contributed by atoms with van der Waals surface area (Å²) >= 11 is 0. The van der Waals surface area contributed by atoms with Crippen LogP contribution < -0.4 is 10.2 Å². The lowest BCUT2D eigenvalue weighted by atomic mass is 9.64. The molecular weight excluding hydrogens is 424 g/mol. The Morgan fingerprint density at radius 2 is 1.59 bits per heavy atom. The fourth-order valence-corrected chi connectivity index (χ4v) is 6.32. The molecule has 1 fully saturated rings. The van der Waals surface area contributed by atoms with Crippen molar-refractivity contribution in [2.24, 2.45) is 5.92 Å². The van der Waals surface area contributed by atoms with Gasteiger partial charge in [0.25, 0.3) is 0 Å². The third kappa shape index (κ3) is 2.52. The largest absolute Gasteiger partial charge is 0.352 e. The predicted octanol–water partition coefficient (Wildman–Crippen LogP) is 4.64. The highest BCUT2D eigenvalue weighted by atomic mass is 16.2. The van der Waals surface area contributed by atoms with Gasteiger partial charge in [0, 0.05) is 22.5 Å². The van der Waals surface area contributed by atoms with E-state index in [-0.39, 0.29) is 17.5 Å². The van der Waals surface area contributed by atoms with E-state index in [0.717, 1.165) is 22.4 Å². The zero-order valence-electron chi connectivity index (χ0n) is 19.0. The minimum atomic E-state index is -1.23. The van der Waals surface area contributed by atoms with Gasteiger partial charge >= 0.3 is 0 Å². The summed E-state index contributed by atoms with van der Waals surface area (Å²) in [7, 11) is 0. The molecule has 34 heavy (non-hydrogen) atoms. The zero-order chi connectivity index (χ0) is 23.6. The van der Waals surface area contributed by atoms with E-state index >= 15 is 0 Å². The molecule has 1 saturated heterocycles. The summed E-state index contributed by atoms with van der Waals surface area (Å²) < 4.78 is 0. The third-order valence-corrected chi connectivity index (χ3v) is 7.64. The molecule has 1 N–H and O–H groups in total. The van der Waals surface area contributed by atoms with E-state index in [2.05, 4.69) is 11.4 Å². The van der Waals surface area contributed by atoms with E-state index in [4.69, 9.17) is 0 Å². The van der Waals surface area contributed by atoms with Crippen molar-refractivity contribution in [3.63, 3.8) is 0 Å². The van der Waals surface area contributed by atoms with Crippen molar-refractivity contribution in [2.75, 3.05) is 10.2 Å². The first kappa shape index (κ1) is 20.6. The van der Waals surface area contributed by atoms with Gasteiger partial charge in [-0.2, -0.15) is 0 Å². The standard InChI is InChI=1S/C29H24N2O3/c1-17-16-24-29(21-13-7-8-14-22(21)30-28(29)34)25(27(33)19-10-4-3-5-11-19)26(18(2)32)31(24)23-15-9-6-12-20(17)23/h3-16,24-26H,1-2H3,(H,30,34)/t24-,25+,26+,29-/m1/s1. The Morgan fingerprint density at radius 1 is 0.912 bits per heavy atom. The van der Waals surface area contributed by atoms with Crippen molar-refractivity contribution in [2.45, 2.75) is 31.3 Å². The summed E-state index contributed by atoms with van der Waals surface area (Å²) in [6, 6.07) is 23.2. The number of amides is 1. The van der Waals surface area contributed by atoms with Crippen LogP contribution in [0, 0.1) is 5.92 Å². The summed E-state index contributed by atoms with van der Waals surface area (Å²) in [6.45, 7) is 3.55. The molecule has 168 valence electrons. The van der Waals surface area contributed by atoms with Crippen LogP contribution in [-0.2, 0) is 15.0 Å². The van der Waals surface area contributed by atoms with E-state index in [0.29, 0.717) is 11.3 Å². The first-order valence-corrected chi connectivity index (χ1v) is 11.5. The normalized spacial score (nSPS) is 26.4. The quantitative estimate of drug-likeness (QED) is 0.593. The van der Waals surface area contributed by atoms with E-state index in [9.17, 15) is 14.4 Å². The number of anilines is 2. The Bertz CT molecular complexity index is 1390. The Hall–Kier alpha value is -3.99. The molecule has 5 heteroatoms. The fourth-order valence-electron chi connectivity index (χ4n) is 6.32. The van der Waals surface area contributed by atoms with Crippen LogP contribution in [0.5, 0.6) is 0 Å². The number of benzene rings is 3. The third-order valence-electron chi connectivity index (χ3n) is 7.64. The number of hydrogen-bond acceptors (Lipinski definition) is 4. The highest BCUT2D eigenvalue weighted by molar-refractivity contribution is 6.16. The lowest BCUT2D eigenvalue weighted by Gasteiger charge is -2.39. The molecule has 5 nitrogen and oxygen atoms in total. The van der Waals surface area contributed by atoms with Gasteiger partial charge in [0.05, 0.1) is 18.0 Å². The van der Waals surface area contributed by atoms with Crippen LogP contribution in [0.1, 0.15) is 35.3 Å². The maximum atomic E-state index is 14.2. The molecule has 0 bridgehead atoms. The van der Waals surface area contributed by atoms with Crippen LogP contribution in [0.25, 0.3) is 5.57 Å². The van der Waals surface area contributed by atoms with Gasteiger partial charge in [-0.25, -0.2) is 0 Å². The molecule has 0 aliphatic carbocycles. The number of allylic oxidation sites excluding steroid dienone is 1. The average molecular weight is 449 g/mol. The van der Waals surface area contributed by atoms with Gasteiger partial charge in [0.1, 0.15) is 5.41 Å². The number of para-hydroxylation sites is 2. The molecule has 6 rings (SSSR count). The molecule has 3 aromatic rings. The minimum Gasteiger partial charge on any atom is -0.352 e. The lowest BCUT2D eigenvalue weighted by Crippen LogP contribution is -2.51. The molecule has 3 aromatic carbocycles. The summed E-state index contributed by atoms with van der Waals surface area (Å²) in [6.07, 6.45) is 2.07. The lowest BCUT2D eigenvalue weighted by molar-refractivity contribution is -0.122. The summed E-state index contributed by atoms with van der Waals surface area (Å²) in [5.74, 6) is -1.43. The topological polar surface area (TPSA) is 66.5 Å². The molecule has 3 aliphatic heterocycles. The second-order valence-corrected chi connectivity index (χ2v) is 9.35. The second kappa shape index (κ2) is 7.26. The van der Waals surface area contributed by atoms with Crippen LogP contribution in [0.3, 0.4) is 0 Å². The van der Waals surface area contributed by atoms with Crippen LogP contribution in [-0.4, -0.2) is 29.6 Å². The number of fused-ring (bicyclic) bond motifs is 6. The van der Waals surface area contributed by atoms with Gasteiger partial charge in [0.2, 0.25) is 5.91 Å². The second-order valence-electron chi connectivity index (χ2n) is 9.35. The van der Waals surface area contributed by atoms with Crippen molar-refractivity contribution in [1.29, 1.82) is 0 Å². The highest BCUT2D eigenvalue weighted by Crippen LogP contribution is 2.58. The van der Waals surface area contributed by atoms with Gasteiger partial charge in [0.15, 0.2) is 11.6 Å². The molecule has 0 saturated carbocycles. The predicted molar refractivity (Wildman–Crippen MR) is 132 cm³/mol. The number of nitrogens with one attached hydrogen (secondary N) is 1. The molecule has 0 radical (unpaired) electrons.